The van der Waals surface area contributed by atoms with Gasteiger partial charge in [-0.05, 0) is 37.9 Å². The van der Waals surface area contributed by atoms with E-state index in [0.29, 0.717) is 6.04 Å². The summed E-state index contributed by atoms with van der Waals surface area (Å²) in [7, 11) is 0. The fourth-order valence-electron chi connectivity index (χ4n) is 2.36. The first-order chi connectivity index (χ1) is 8.79. The lowest BCUT2D eigenvalue weighted by atomic mass is 10.2. The van der Waals surface area contributed by atoms with E-state index < -0.39 is 0 Å². The number of halogens is 1. The van der Waals surface area contributed by atoms with Crippen molar-refractivity contribution in [2.24, 2.45) is 0 Å². The Bertz CT molecular complexity index is 347. The first-order valence-electron chi connectivity index (χ1n) is 6.90. The molecule has 2 rings (SSSR count). The number of thiophene rings is 1. The zero-order valence-corrected chi connectivity index (χ0v) is 13.3. The van der Waals surface area contributed by atoms with Crippen molar-refractivity contribution in [2.75, 3.05) is 12.3 Å². The fraction of sp³-hybridized carbons (Fsp3) is 0.714. The van der Waals surface area contributed by atoms with Crippen molar-refractivity contribution in [2.45, 2.75) is 50.3 Å². The average Bonchev–Trinajstić information content (AvgIpc) is 3.01. The van der Waals surface area contributed by atoms with Crippen LogP contribution in [0.5, 0.6) is 0 Å². The summed E-state index contributed by atoms with van der Waals surface area (Å²) in [6.07, 6.45) is 6.86. The van der Waals surface area contributed by atoms with Gasteiger partial charge in [0.05, 0.1) is 10.4 Å². The molecule has 1 saturated carbocycles. The minimum atomic E-state index is 0.480. The lowest BCUT2D eigenvalue weighted by Crippen LogP contribution is -2.24. The predicted octanol–water partition coefficient (Wildman–Crippen LogP) is 5.12. The smallest absolute Gasteiger partial charge is 0.0931 e. The van der Waals surface area contributed by atoms with Crippen molar-refractivity contribution in [3.8, 4) is 0 Å². The molecule has 4 heteroatoms. The Hall–Kier alpha value is 0.300. The molecule has 0 spiro atoms. The Morgan fingerprint density at radius 1 is 1.44 bits per heavy atom. The Morgan fingerprint density at radius 3 is 2.83 bits per heavy atom. The maximum absolute atomic E-state index is 6.05. The van der Waals surface area contributed by atoms with Crippen LogP contribution in [0.2, 0.25) is 4.34 Å². The second-order valence-corrected chi connectivity index (χ2v) is 7.97. The van der Waals surface area contributed by atoms with Gasteiger partial charge < -0.3 is 5.32 Å². The zero-order valence-electron chi connectivity index (χ0n) is 11.0. The van der Waals surface area contributed by atoms with Gasteiger partial charge in [-0.1, -0.05) is 31.4 Å². The van der Waals surface area contributed by atoms with Crippen LogP contribution in [0.3, 0.4) is 0 Å². The molecule has 0 radical (unpaired) electrons. The van der Waals surface area contributed by atoms with Gasteiger partial charge in [-0.15, -0.1) is 11.3 Å². The molecule has 0 saturated heterocycles. The first kappa shape index (κ1) is 14.7. The van der Waals surface area contributed by atoms with E-state index in [9.17, 15) is 0 Å². The number of thioether (sulfide) groups is 1. The predicted molar refractivity (Wildman–Crippen MR) is 85.1 cm³/mol. The average molecular weight is 304 g/mol. The van der Waals surface area contributed by atoms with Gasteiger partial charge in [-0.3, -0.25) is 0 Å². The molecule has 1 aromatic heterocycles. The summed E-state index contributed by atoms with van der Waals surface area (Å²) in [4.78, 5) is 1.39. The van der Waals surface area contributed by atoms with Crippen LogP contribution in [-0.2, 0) is 0 Å². The second-order valence-electron chi connectivity index (χ2n) is 4.89. The molecule has 1 aromatic rings. The van der Waals surface area contributed by atoms with Crippen molar-refractivity contribution in [3.05, 3.63) is 21.3 Å². The Kier molecular flexibility index (Phi) is 6.36. The number of nitrogens with one attached hydrogen (secondary N) is 1. The normalized spacial score (nSPS) is 18.3. The highest BCUT2D eigenvalue weighted by molar-refractivity contribution is 7.99. The monoisotopic (exact) mass is 303 g/mol. The topological polar surface area (TPSA) is 12.0 Å². The summed E-state index contributed by atoms with van der Waals surface area (Å²) in [5, 5.41) is 4.55. The minimum Gasteiger partial charge on any atom is -0.309 e. The summed E-state index contributed by atoms with van der Waals surface area (Å²) in [6, 6.07) is 4.67. The highest BCUT2D eigenvalue weighted by Crippen LogP contribution is 2.34. The van der Waals surface area contributed by atoms with E-state index >= 15 is 0 Å². The van der Waals surface area contributed by atoms with Crippen LogP contribution in [-0.4, -0.2) is 17.5 Å². The summed E-state index contributed by atoms with van der Waals surface area (Å²) in [5.74, 6) is 1.18. The van der Waals surface area contributed by atoms with Crippen LogP contribution in [0, 0.1) is 0 Å². The van der Waals surface area contributed by atoms with E-state index in [1.165, 1.54) is 42.7 Å². The van der Waals surface area contributed by atoms with E-state index in [-0.39, 0.29) is 0 Å². The number of rotatable bonds is 7. The molecule has 1 aliphatic rings. The van der Waals surface area contributed by atoms with Gasteiger partial charge in [0.2, 0.25) is 0 Å². The van der Waals surface area contributed by atoms with Gasteiger partial charge in [-0.2, -0.15) is 11.8 Å². The summed E-state index contributed by atoms with van der Waals surface area (Å²) in [5.41, 5.74) is 0. The quantitative estimate of drug-likeness (QED) is 0.750. The molecule has 0 amide bonds. The van der Waals surface area contributed by atoms with Gasteiger partial charge in [0.1, 0.15) is 0 Å². The number of hydrogen-bond donors (Lipinski definition) is 1. The van der Waals surface area contributed by atoms with Gasteiger partial charge in [0, 0.05) is 15.9 Å². The van der Waals surface area contributed by atoms with Crippen molar-refractivity contribution in [1.29, 1.82) is 0 Å². The molecule has 18 heavy (non-hydrogen) atoms. The molecule has 1 N–H and O–H groups in total. The van der Waals surface area contributed by atoms with E-state index in [2.05, 4.69) is 30.1 Å². The van der Waals surface area contributed by atoms with E-state index in [0.717, 1.165) is 16.1 Å². The Labute approximate surface area is 124 Å². The van der Waals surface area contributed by atoms with E-state index in [1.807, 2.05) is 6.07 Å². The zero-order chi connectivity index (χ0) is 12.8. The third-order valence-electron chi connectivity index (χ3n) is 3.38. The van der Waals surface area contributed by atoms with Gasteiger partial charge >= 0.3 is 0 Å². The van der Waals surface area contributed by atoms with Crippen LogP contribution in [0.15, 0.2) is 12.1 Å². The molecular formula is C14H22ClNS2. The maximum Gasteiger partial charge on any atom is 0.0931 e. The highest BCUT2D eigenvalue weighted by Gasteiger charge is 2.19. The number of hydrogen-bond acceptors (Lipinski definition) is 3. The van der Waals surface area contributed by atoms with Crippen molar-refractivity contribution >= 4 is 34.7 Å². The molecule has 0 bridgehead atoms. The third-order valence-corrected chi connectivity index (χ3v) is 6.19. The largest absolute Gasteiger partial charge is 0.309 e. The third kappa shape index (κ3) is 4.44. The van der Waals surface area contributed by atoms with Crippen LogP contribution in [0.4, 0.5) is 0 Å². The lowest BCUT2D eigenvalue weighted by Gasteiger charge is -2.19. The standard InChI is InChI=1S/C14H22ClNS2/c1-2-9-16-12(13-7-8-14(15)18-13)10-17-11-5-3-4-6-11/h7-8,11-12,16H,2-6,9-10H2,1H3. The molecule has 1 nitrogen and oxygen atoms in total. The second kappa shape index (κ2) is 7.78. The molecular weight excluding hydrogens is 282 g/mol. The maximum atomic E-state index is 6.05. The van der Waals surface area contributed by atoms with Crippen molar-refractivity contribution in [3.63, 3.8) is 0 Å². The van der Waals surface area contributed by atoms with E-state index in [4.69, 9.17) is 11.6 Å². The summed E-state index contributed by atoms with van der Waals surface area (Å²) < 4.78 is 0.902. The van der Waals surface area contributed by atoms with E-state index in [1.54, 1.807) is 11.3 Å². The van der Waals surface area contributed by atoms with Gasteiger partial charge in [0.15, 0.2) is 0 Å². The van der Waals surface area contributed by atoms with Crippen LogP contribution in [0.1, 0.15) is 49.9 Å². The SMILES string of the molecule is CCCNC(CSC1CCCC1)c1ccc(Cl)s1. The molecule has 102 valence electrons. The minimum absolute atomic E-state index is 0.480. The van der Waals surface area contributed by atoms with Crippen LogP contribution < -0.4 is 5.32 Å². The lowest BCUT2D eigenvalue weighted by molar-refractivity contribution is 0.584. The molecule has 1 atom stereocenters. The Morgan fingerprint density at radius 2 is 2.22 bits per heavy atom. The molecule has 0 aromatic carbocycles. The van der Waals surface area contributed by atoms with Crippen molar-refractivity contribution < 1.29 is 0 Å². The first-order valence-corrected chi connectivity index (χ1v) is 9.14. The Balaban J connectivity index is 1.87. The van der Waals surface area contributed by atoms with Crippen LogP contribution in [0.25, 0.3) is 0 Å². The molecule has 1 heterocycles. The van der Waals surface area contributed by atoms with Crippen molar-refractivity contribution in [1.82, 2.24) is 5.32 Å². The summed E-state index contributed by atoms with van der Waals surface area (Å²) >= 11 is 9.92. The molecule has 1 aliphatic carbocycles. The van der Waals surface area contributed by atoms with Crippen LogP contribution >= 0.6 is 34.7 Å². The highest BCUT2D eigenvalue weighted by atomic mass is 35.5. The molecule has 1 unspecified atom stereocenters. The molecule has 1 fully saturated rings. The van der Waals surface area contributed by atoms with Gasteiger partial charge in [0.25, 0.3) is 0 Å². The summed E-state index contributed by atoms with van der Waals surface area (Å²) in [6.45, 7) is 3.31. The fourth-order valence-corrected chi connectivity index (χ4v) is 5.03. The molecule has 0 aliphatic heterocycles. The van der Waals surface area contributed by atoms with Gasteiger partial charge in [-0.25, -0.2) is 0 Å².